The van der Waals surface area contributed by atoms with Crippen LogP contribution in [0.1, 0.15) is 11.1 Å². The van der Waals surface area contributed by atoms with Crippen molar-refractivity contribution in [3.8, 4) is 5.75 Å². The van der Waals surface area contributed by atoms with E-state index in [0.717, 1.165) is 36.7 Å². The fourth-order valence-electron chi connectivity index (χ4n) is 2.50. The molecule has 1 N–H and O–H groups in total. The molecule has 20 heavy (non-hydrogen) atoms. The van der Waals surface area contributed by atoms with Gasteiger partial charge in [0.15, 0.2) is 0 Å². The Bertz CT molecular complexity index is 597. The van der Waals surface area contributed by atoms with Crippen LogP contribution >= 0.6 is 11.6 Å². The van der Waals surface area contributed by atoms with Crippen LogP contribution in [0.4, 0.5) is 0 Å². The van der Waals surface area contributed by atoms with Gasteiger partial charge >= 0.3 is 0 Å². The molecule has 1 aromatic heterocycles. The molecule has 2 aromatic rings. The van der Waals surface area contributed by atoms with Crippen molar-refractivity contribution in [2.75, 3.05) is 13.1 Å². The molecule has 0 bridgehead atoms. The Labute approximate surface area is 123 Å². The smallest absolute Gasteiger partial charge is 0.123 e. The van der Waals surface area contributed by atoms with Crippen LogP contribution in [-0.2, 0) is 19.9 Å². The molecular weight excluding hydrogens is 274 g/mol. The van der Waals surface area contributed by atoms with Crippen LogP contribution in [0.2, 0.25) is 5.02 Å². The minimum absolute atomic E-state index is 0.206. The third-order valence-electron chi connectivity index (χ3n) is 3.48. The molecule has 4 nitrogen and oxygen atoms in total. The van der Waals surface area contributed by atoms with Crippen molar-refractivity contribution < 1.29 is 4.74 Å². The second kappa shape index (κ2) is 5.85. The molecule has 1 aliphatic rings. The standard InChI is InChI=1S/C15H18ClN3O/c1-19-10-11(8-18-19)4-5-17-9-14-7-12-6-13(16)2-3-15(12)20-14/h2-3,6,8,10,14,17H,4-5,7,9H2,1H3. The monoisotopic (exact) mass is 291 g/mol. The Hall–Kier alpha value is -1.52. The van der Waals surface area contributed by atoms with E-state index in [1.165, 1.54) is 11.1 Å². The quantitative estimate of drug-likeness (QED) is 0.859. The predicted octanol–water partition coefficient (Wildman–Crippen LogP) is 2.21. The first-order chi connectivity index (χ1) is 9.70. The number of hydrogen-bond acceptors (Lipinski definition) is 3. The fraction of sp³-hybridized carbons (Fsp3) is 0.400. The fourth-order valence-corrected chi connectivity index (χ4v) is 2.69. The maximum Gasteiger partial charge on any atom is 0.123 e. The molecule has 0 amide bonds. The molecule has 1 aliphatic heterocycles. The molecule has 5 heteroatoms. The van der Waals surface area contributed by atoms with Crippen LogP contribution in [0.15, 0.2) is 30.6 Å². The highest BCUT2D eigenvalue weighted by molar-refractivity contribution is 6.30. The lowest BCUT2D eigenvalue weighted by molar-refractivity contribution is 0.228. The number of aryl methyl sites for hydroxylation is 1. The predicted molar refractivity (Wildman–Crippen MR) is 79.4 cm³/mol. The van der Waals surface area contributed by atoms with E-state index in [4.69, 9.17) is 16.3 Å². The van der Waals surface area contributed by atoms with Crippen molar-refractivity contribution in [1.29, 1.82) is 0 Å². The van der Waals surface area contributed by atoms with E-state index in [0.29, 0.717) is 0 Å². The first kappa shape index (κ1) is 13.5. The van der Waals surface area contributed by atoms with E-state index in [1.54, 1.807) is 0 Å². The van der Waals surface area contributed by atoms with Gasteiger partial charge in [-0.3, -0.25) is 4.68 Å². The maximum absolute atomic E-state index is 5.99. The summed E-state index contributed by atoms with van der Waals surface area (Å²) in [5.74, 6) is 0.966. The summed E-state index contributed by atoms with van der Waals surface area (Å²) < 4.78 is 7.71. The molecule has 106 valence electrons. The van der Waals surface area contributed by atoms with Crippen LogP contribution in [0.3, 0.4) is 0 Å². The van der Waals surface area contributed by atoms with Gasteiger partial charge in [0.1, 0.15) is 11.9 Å². The van der Waals surface area contributed by atoms with Crippen molar-refractivity contribution >= 4 is 11.6 Å². The van der Waals surface area contributed by atoms with Crippen molar-refractivity contribution in [2.24, 2.45) is 7.05 Å². The Morgan fingerprint density at radius 3 is 3.20 bits per heavy atom. The Morgan fingerprint density at radius 1 is 1.50 bits per heavy atom. The van der Waals surface area contributed by atoms with E-state index in [-0.39, 0.29) is 6.10 Å². The van der Waals surface area contributed by atoms with Crippen LogP contribution in [0, 0.1) is 0 Å². The number of hydrogen-bond donors (Lipinski definition) is 1. The van der Waals surface area contributed by atoms with Gasteiger partial charge < -0.3 is 10.1 Å². The number of nitrogens with one attached hydrogen (secondary N) is 1. The molecule has 2 heterocycles. The SMILES string of the molecule is Cn1cc(CCNCC2Cc3cc(Cl)ccc3O2)cn1. The summed E-state index contributed by atoms with van der Waals surface area (Å²) in [5.41, 5.74) is 2.46. The van der Waals surface area contributed by atoms with Gasteiger partial charge in [0, 0.05) is 31.2 Å². The van der Waals surface area contributed by atoms with E-state index in [2.05, 4.69) is 10.4 Å². The minimum Gasteiger partial charge on any atom is -0.488 e. The summed E-state index contributed by atoms with van der Waals surface area (Å²) in [4.78, 5) is 0. The number of ether oxygens (including phenoxy) is 1. The van der Waals surface area contributed by atoms with Crippen LogP contribution < -0.4 is 10.1 Å². The highest BCUT2D eigenvalue weighted by Gasteiger charge is 2.22. The van der Waals surface area contributed by atoms with Crippen molar-refractivity contribution in [2.45, 2.75) is 18.9 Å². The molecule has 0 fully saturated rings. The number of halogens is 1. The zero-order valence-electron chi connectivity index (χ0n) is 11.5. The van der Waals surface area contributed by atoms with Gasteiger partial charge in [-0.1, -0.05) is 11.6 Å². The van der Waals surface area contributed by atoms with E-state index >= 15 is 0 Å². The van der Waals surface area contributed by atoms with Crippen LogP contribution in [0.5, 0.6) is 5.75 Å². The Balaban J connectivity index is 1.42. The van der Waals surface area contributed by atoms with Crippen LogP contribution in [-0.4, -0.2) is 29.0 Å². The molecule has 0 aliphatic carbocycles. The van der Waals surface area contributed by atoms with Crippen molar-refractivity contribution in [3.63, 3.8) is 0 Å². The lowest BCUT2D eigenvalue weighted by atomic mass is 10.1. The highest BCUT2D eigenvalue weighted by Crippen LogP contribution is 2.30. The Kier molecular flexibility index (Phi) is 3.94. The average Bonchev–Trinajstić information content (AvgIpc) is 3.00. The molecule has 1 atom stereocenters. The van der Waals surface area contributed by atoms with E-state index < -0.39 is 0 Å². The van der Waals surface area contributed by atoms with E-state index in [9.17, 15) is 0 Å². The maximum atomic E-state index is 5.99. The van der Waals surface area contributed by atoms with Gasteiger partial charge in [-0.05, 0) is 42.3 Å². The average molecular weight is 292 g/mol. The van der Waals surface area contributed by atoms with Gasteiger partial charge in [0.05, 0.1) is 6.20 Å². The zero-order chi connectivity index (χ0) is 13.9. The molecule has 0 saturated heterocycles. The van der Waals surface area contributed by atoms with Gasteiger partial charge in [-0.15, -0.1) is 0 Å². The normalized spacial score (nSPS) is 17.0. The molecule has 0 saturated carbocycles. The third-order valence-corrected chi connectivity index (χ3v) is 3.72. The first-order valence-corrected chi connectivity index (χ1v) is 7.22. The number of fused-ring (bicyclic) bond motifs is 1. The highest BCUT2D eigenvalue weighted by atomic mass is 35.5. The van der Waals surface area contributed by atoms with Crippen molar-refractivity contribution in [3.05, 3.63) is 46.7 Å². The van der Waals surface area contributed by atoms with Gasteiger partial charge in [-0.25, -0.2) is 0 Å². The summed E-state index contributed by atoms with van der Waals surface area (Å²) in [6.07, 6.45) is 6.07. The van der Waals surface area contributed by atoms with Gasteiger partial charge in [0.2, 0.25) is 0 Å². The minimum atomic E-state index is 0.206. The second-order valence-electron chi connectivity index (χ2n) is 5.17. The number of aromatic nitrogens is 2. The topological polar surface area (TPSA) is 39.1 Å². The Morgan fingerprint density at radius 2 is 2.40 bits per heavy atom. The first-order valence-electron chi connectivity index (χ1n) is 6.84. The molecule has 1 aromatic carbocycles. The van der Waals surface area contributed by atoms with Gasteiger partial charge in [-0.2, -0.15) is 5.10 Å². The molecule has 0 spiro atoms. The molecular formula is C15H18ClN3O. The largest absolute Gasteiger partial charge is 0.488 e. The lowest BCUT2D eigenvalue weighted by Crippen LogP contribution is -2.31. The van der Waals surface area contributed by atoms with Gasteiger partial charge in [0.25, 0.3) is 0 Å². The number of rotatable bonds is 5. The number of benzene rings is 1. The summed E-state index contributed by atoms with van der Waals surface area (Å²) >= 11 is 5.99. The third kappa shape index (κ3) is 3.14. The summed E-state index contributed by atoms with van der Waals surface area (Å²) in [6.45, 7) is 1.79. The number of nitrogens with zero attached hydrogens (tertiary/aromatic N) is 2. The summed E-state index contributed by atoms with van der Waals surface area (Å²) in [5, 5.41) is 8.37. The van der Waals surface area contributed by atoms with Crippen LogP contribution in [0.25, 0.3) is 0 Å². The summed E-state index contributed by atoms with van der Waals surface area (Å²) in [6, 6.07) is 5.82. The van der Waals surface area contributed by atoms with Crippen molar-refractivity contribution in [1.82, 2.24) is 15.1 Å². The summed E-state index contributed by atoms with van der Waals surface area (Å²) in [7, 11) is 1.94. The molecule has 3 rings (SSSR count). The molecule has 1 unspecified atom stereocenters. The second-order valence-corrected chi connectivity index (χ2v) is 5.61. The van der Waals surface area contributed by atoms with E-state index in [1.807, 2.05) is 42.3 Å². The zero-order valence-corrected chi connectivity index (χ0v) is 12.2. The lowest BCUT2D eigenvalue weighted by Gasteiger charge is -2.11. The molecule has 0 radical (unpaired) electrons.